The van der Waals surface area contributed by atoms with Gasteiger partial charge in [-0.2, -0.15) is 0 Å². The van der Waals surface area contributed by atoms with E-state index in [1.807, 2.05) is 50.4 Å². The molecule has 0 saturated carbocycles. The van der Waals surface area contributed by atoms with Crippen LogP contribution < -0.4 is 0 Å². The van der Waals surface area contributed by atoms with Crippen molar-refractivity contribution >= 4 is 40.5 Å². The number of nitrogens with zero attached hydrogens (tertiary/aromatic N) is 7. The Kier molecular flexibility index (Phi) is 20.3. The number of imidazole rings is 2. The lowest BCUT2D eigenvalue weighted by molar-refractivity contribution is 0.583. The first kappa shape index (κ1) is 30.8. The minimum Gasteiger partial charge on any atom is -0.369 e. The summed E-state index contributed by atoms with van der Waals surface area (Å²) in [6, 6.07) is 0. The fourth-order valence-electron chi connectivity index (χ4n) is 2.50. The van der Waals surface area contributed by atoms with Crippen molar-refractivity contribution in [2.45, 2.75) is 71.8 Å². The number of hydrogen-bond acceptors (Lipinski definition) is 4. The maximum Gasteiger partial charge on any atom is 0.230 e. The first-order valence-electron chi connectivity index (χ1n) is 11.9. The molecule has 0 amide bonds. The van der Waals surface area contributed by atoms with E-state index >= 15 is 0 Å². The van der Waals surface area contributed by atoms with Crippen molar-refractivity contribution in [3.05, 3.63) is 24.8 Å². The quantitative estimate of drug-likeness (QED) is 0.145. The fraction of sp³-hybridized carbons (Fsp3) is 0.667. The van der Waals surface area contributed by atoms with Crippen molar-refractivity contribution in [2.75, 3.05) is 33.5 Å². The van der Waals surface area contributed by atoms with Crippen molar-refractivity contribution in [2.24, 2.45) is 9.98 Å². The van der Waals surface area contributed by atoms with E-state index in [4.69, 9.17) is 0 Å². The van der Waals surface area contributed by atoms with Gasteiger partial charge in [-0.3, -0.25) is 0 Å². The Labute approximate surface area is 209 Å². The number of aliphatic imine (C=N–C) groups is 2. The summed E-state index contributed by atoms with van der Waals surface area (Å²) in [6.45, 7) is 5.47. The number of aryl methyl sites for hydroxylation is 1. The highest BCUT2D eigenvalue weighted by Crippen LogP contribution is 2.10. The van der Waals surface area contributed by atoms with Gasteiger partial charge in [-0.05, 0) is 12.8 Å². The van der Waals surface area contributed by atoms with Crippen LogP contribution in [0.5, 0.6) is 0 Å². The Bertz CT molecular complexity index is 704. The zero-order valence-corrected chi connectivity index (χ0v) is 23.1. The van der Waals surface area contributed by atoms with Gasteiger partial charge in [0.15, 0.2) is 0 Å². The minimum atomic E-state index is 0.633. The largest absolute Gasteiger partial charge is 0.369 e. The van der Waals surface area contributed by atoms with Gasteiger partial charge < -0.3 is 19.4 Å². The molecule has 33 heavy (non-hydrogen) atoms. The van der Waals surface area contributed by atoms with E-state index in [2.05, 4.69) is 59.3 Å². The normalized spacial score (nSPS) is 10.6. The average molecular weight is 526 g/mol. The van der Waals surface area contributed by atoms with Crippen LogP contribution in [-0.4, -0.2) is 75.5 Å². The van der Waals surface area contributed by atoms with Crippen LogP contribution in [0, 0.1) is 0 Å². The molecule has 0 fully saturated rings. The highest BCUT2D eigenvalue weighted by Gasteiger charge is 1.99. The van der Waals surface area contributed by atoms with Crippen LogP contribution in [0.3, 0.4) is 0 Å². The summed E-state index contributed by atoms with van der Waals surface area (Å²) >= 11 is 3.38. The molecular weight excluding hydrogens is 480 g/mol. The molecule has 2 aromatic heterocycles. The van der Waals surface area contributed by atoms with Gasteiger partial charge in [-0.15, -0.1) is 0 Å². The lowest BCUT2D eigenvalue weighted by Gasteiger charge is -2.05. The van der Waals surface area contributed by atoms with Crippen molar-refractivity contribution in [3.63, 3.8) is 0 Å². The Hall–Kier alpha value is -2.16. The number of nitrogens with one attached hydrogen (secondary N) is 1. The predicted octanol–water partition coefficient (Wildman–Crippen LogP) is 6.28. The molecule has 0 aliphatic carbocycles. The number of aromatic amines is 1. The molecule has 0 unspecified atom stereocenters. The van der Waals surface area contributed by atoms with Crippen molar-refractivity contribution in [1.82, 2.24) is 29.3 Å². The number of aromatic nitrogens is 4. The van der Waals surface area contributed by atoms with Gasteiger partial charge in [0, 0.05) is 64.9 Å². The maximum absolute atomic E-state index is 4.32. The van der Waals surface area contributed by atoms with Crippen LogP contribution in [0.4, 0.5) is 11.9 Å². The molecule has 0 spiro atoms. The van der Waals surface area contributed by atoms with Crippen LogP contribution in [0.2, 0.25) is 0 Å². The molecule has 0 aromatic carbocycles. The zero-order valence-electron chi connectivity index (χ0n) is 21.5. The van der Waals surface area contributed by atoms with Crippen molar-refractivity contribution < 1.29 is 0 Å². The monoisotopic (exact) mass is 524 g/mol. The standard InChI is InChI=1S/C12H22N4.C6H13Br.C6H10N4/c1-4-5-6-7-9-16-10-8-13-12(16)14-11-15(2)3;1-2-3-4-5-6-7;1-10(2)5-9-6-7-3-4-8-6/h8,10-11H,4-7,9H2,1-3H3;2-6H2,1H3;3-5H,1-2H3,(H,7,8). The molecule has 9 heteroatoms. The summed E-state index contributed by atoms with van der Waals surface area (Å²) in [4.78, 5) is 23.1. The van der Waals surface area contributed by atoms with E-state index in [1.54, 1.807) is 25.1 Å². The molecule has 0 bridgehead atoms. The summed E-state index contributed by atoms with van der Waals surface area (Å²) in [5, 5.41) is 1.17. The summed E-state index contributed by atoms with van der Waals surface area (Å²) in [6.07, 6.45) is 21.2. The van der Waals surface area contributed by atoms with E-state index in [1.165, 1.54) is 56.7 Å². The first-order chi connectivity index (χ1) is 15.9. The van der Waals surface area contributed by atoms with E-state index in [0.29, 0.717) is 5.95 Å². The summed E-state index contributed by atoms with van der Waals surface area (Å²) < 4.78 is 2.11. The number of alkyl halides is 1. The third kappa shape index (κ3) is 19.1. The van der Waals surface area contributed by atoms with E-state index in [9.17, 15) is 0 Å². The molecule has 0 radical (unpaired) electrons. The fourth-order valence-corrected chi connectivity index (χ4v) is 2.89. The number of hydrogen-bond donors (Lipinski definition) is 1. The van der Waals surface area contributed by atoms with Crippen LogP contribution in [0.1, 0.15) is 65.2 Å². The molecule has 1 N–H and O–H groups in total. The highest BCUT2D eigenvalue weighted by molar-refractivity contribution is 9.09. The Balaban J connectivity index is 0.000000514. The van der Waals surface area contributed by atoms with Crippen molar-refractivity contribution in [3.8, 4) is 0 Å². The number of rotatable bonds is 13. The number of H-pyrrole nitrogens is 1. The summed E-state index contributed by atoms with van der Waals surface area (Å²) in [5.41, 5.74) is 0. The van der Waals surface area contributed by atoms with Crippen LogP contribution in [0.25, 0.3) is 0 Å². The number of halogens is 1. The van der Waals surface area contributed by atoms with Gasteiger partial charge in [0.25, 0.3) is 0 Å². The molecule has 0 aliphatic rings. The molecule has 8 nitrogen and oxygen atoms in total. The SMILES string of the molecule is CCCCCCBr.CCCCCCn1ccnc1N=CN(C)C.CN(C)C=Nc1ncc[nH]1. The molecule has 188 valence electrons. The molecular formula is C24H45BrN8. The topological polar surface area (TPSA) is 77.7 Å². The van der Waals surface area contributed by atoms with Crippen LogP contribution in [-0.2, 0) is 6.54 Å². The van der Waals surface area contributed by atoms with E-state index in [0.717, 1.165) is 12.5 Å². The second kappa shape index (κ2) is 21.7. The van der Waals surface area contributed by atoms with Gasteiger partial charge in [0.05, 0.1) is 12.7 Å². The second-order valence-electron chi connectivity index (χ2n) is 8.06. The van der Waals surface area contributed by atoms with Gasteiger partial charge in [0.1, 0.15) is 0 Å². The maximum atomic E-state index is 4.32. The molecule has 0 atom stereocenters. The van der Waals surface area contributed by atoms with Crippen LogP contribution in [0.15, 0.2) is 34.8 Å². The van der Waals surface area contributed by atoms with Crippen LogP contribution >= 0.6 is 15.9 Å². The predicted molar refractivity (Wildman–Crippen MR) is 147 cm³/mol. The lowest BCUT2D eigenvalue weighted by atomic mass is 10.2. The van der Waals surface area contributed by atoms with E-state index in [-0.39, 0.29) is 0 Å². The first-order valence-corrected chi connectivity index (χ1v) is 13.0. The lowest BCUT2D eigenvalue weighted by Crippen LogP contribution is -2.07. The molecule has 2 heterocycles. The smallest absolute Gasteiger partial charge is 0.230 e. The van der Waals surface area contributed by atoms with Crippen molar-refractivity contribution in [1.29, 1.82) is 0 Å². The van der Waals surface area contributed by atoms with Gasteiger partial charge in [-0.1, -0.05) is 68.3 Å². The molecule has 0 saturated heterocycles. The minimum absolute atomic E-state index is 0.633. The third-order valence-electron chi connectivity index (χ3n) is 4.23. The van der Waals surface area contributed by atoms with Gasteiger partial charge in [-0.25, -0.2) is 20.0 Å². The second-order valence-corrected chi connectivity index (χ2v) is 8.85. The summed E-state index contributed by atoms with van der Waals surface area (Å²) in [5.74, 6) is 1.43. The van der Waals surface area contributed by atoms with Gasteiger partial charge in [0.2, 0.25) is 11.9 Å². The Morgan fingerprint density at radius 1 is 0.879 bits per heavy atom. The molecule has 0 aliphatic heterocycles. The van der Waals surface area contributed by atoms with Gasteiger partial charge >= 0.3 is 0 Å². The average Bonchev–Trinajstić information content (AvgIpc) is 3.47. The Morgan fingerprint density at radius 3 is 2.06 bits per heavy atom. The Morgan fingerprint density at radius 2 is 1.52 bits per heavy atom. The highest BCUT2D eigenvalue weighted by atomic mass is 79.9. The zero-order chi connectivity index (χ0) is 24.7. The molecule has 2 rings (SSSR count). The summed E-state index contributed by atoms with van der Waals surface area (Å²) in [7, 11) is 7.73. The third-order valence-corrected chi connectivity index (χ3v) is 4.79. The van der Waals surface area contributed by atoms with E-state index < -0.39 is 0 Å². The molecule has 2 aromatic rings. The number of unbranched alkanes of at least 4 members (excludes halogenated alkanes) is 6.